The molecule has 0 radical (unpaired) electrons. The molecule has 1 fully saturated rings. The van der Waals surface area contributed by atoms with Gasteiger partial charge in [0, 0.05) is 13.1 Å². The normalized spacial score (nSPS) is 21.2. The van der Waals surface area contributed by atoms with Gasteiger partial charge in [-0.25, -0.2) is 0 Å². The average Bonchev–Trinajstić information content (AvgIpc) is 2.36. The van der Waals surface area contributed by atoms with Crippen molar-refractivity contribution < 1.29 is 9.90 Å². The number of nitrogens with zero attached hydrogens (tertiary/aromatic N) is 1. The zero-order valence-electron chi connectivity index (χ0n) is 6.21. The van der Waals surface area contributed by atoms with Gasteiger partial charge < -0.3 is 10.0 Å². The third kappa shape index (κ3) is 1.48. The minimum atomic E-state index is -0.821. The lowest BCUT2D eigenvalue weighted by molar-refractivity contribution is -0.138. The maximum atomic E-state index is 11.0. The van der Waals surface area contributed by atoms with E-state index in [1.165, 1.54) is 6.92 Å². The van der Waals surface area contributed by atoms with Crippen LogP contribution in [0.15, 0.2) is 0 Å². The Balaban J connectivity index is 2.40. The lowest BCUT2D eigenvalue weighted by Crippen LogP contribution is -2.35. The Labute approximate surface area is 60.6 Å². The van der Waals surface area contributed by atoms with E-state index in [-0.39, 0.29) is 5.91 Å². The van der Waals surface area contributed by atoms with Gasteiger partial charge in [-0.3, -0.25) is 4.79 Å². The summed E-state index contributed by atoms with van der Waals surface area (Å²) >= 11 is 0. The molecule has 0 aliphatic carbocycles. The molecule has 1 saturated heterocycles. The standard InChI is InChI=1S/C7H13NO2/c1-6(9)7(10)8-4-2-3-5-8/h6,9H,2-5H2,1H3. The van der Waals surface area contributed by atoms with Crippen molar-refractivity contribution in [1.29, 1.82) is 0 Å². The Kier molecular flexibility index (Phi) is 2.27. The van der Waals surface area contributed by atoms with Crippen LogP contribution < -0.4 is 0 Å². The van der Waals surface area contributed by atoms with E-state index in [4.69, 9.17) is 5.11 Å². The SMILES string of the molecule is CC(O)C(=O)N1CCCC1. The molecule has 1 unspecified atom stereocenters. The second-order valence-electron chi connectivity index (χ2n) is 2.71. The van der Waals surface area contributed by atoms with Crippen LogP contribution in [0.3, 0.4) is 0 Å². The molecule has 1 aliphatic heterocycles. The summed E-state index contributed by atoms with van der Waals surface area (Å²) in [6.07, 6.45) is 1.34. The zero-order chi connectivity index (χ0) is 7.56. The fourth-order valence-corrected chi connectivity index (χ4v) is 1.20. The molecular formula is C7H13NO2. The van der Waals surface area contributed by atoms with Gasteiger partial charge in [0.15, 0.2) is 0 Å². The Hall–Kier alpha value is -0.570. The lowest BCUT2D eigenvalue weighted by atomic mass is 10.3. The van der Waals surface area contributed by atoms with Crippen LogP contribution in [0.4, 0.5) is 0 Å². The number of rotatable bonds is 1. The van der Waals surface area contributed by atoms with Crippen LogP contribution in [0, 0.1) is 0 Å². The smallest absolute Gasteiger partial charge is 0.251 e. The van der Waals surface area contributed by atoms with Gasteiger partial charge in [0.25, 0.3) is 5.91 Å². The summed E-state index contributed by atoms with van der Waals surface area (Å²) in [5.41, 5.74) is 0. The summed E-state index contributed by atoms with van der Waals surface area (Å²) in [7, 11) is 0. The molecule has 0 aromatic heterocycles. The lowest BCUT2D eigenvalue weighted by Gasteiger charge is -2.16. The molecule has 3 nitrogen and oxygen atoms in total. The van der Waals surface area contributed by atoms with Gasteiger partial charge >= 0.3 is 0 Å². The Morgan fingerprint density at radius 2 is 2.00 bits per heavy atom. The van der Waals surface area contributed by atoms with E-state index < -0.39 is 6.10 Å². The number of aliphatic hydroxyl groups excluding tert-OH is 1. The van der Waals surface area contributed by atoms with Crippen molar-refractivity contribution in [2.24, 2.45) is 0 Å². The van der Waals surface area contributed by atoms with Gasteiger partial charge in [-0.1, -0.05) is 0 Å². The topological polar surface area (TPSA) is 40.5 Å². The highest BCUT2D eigenvalue weighted by Gasteiger charge is 2.20. The van der Waals surface area contributed by atoms with Crippen LogP contribution in [0.1, 0.15) is 19.8 Å². The largest absolute Gasteiger partial charge is 0.384 e. The van der Waals surface area contributed by atoms with Crippen molar-refractivity contribution in [2.75, 3.05) is 13.1 Å². The quantitative estimate of drug-likeness (QED) is 0.561. The van der Waals surface area contributed by atoms with Crippen molar-refractivity contribution in [3.63, 3.8) is 0 Å². The molecular weight excluding hydrogens is 130 g/mol. The first kappa shape index (κ1) is 7.54. The minimum absolute atomic E-state index is 0.127. The van der Waals surface area contributed by atoms with E-state index in [9.17, 15) is 4.79 Å². The molecule has 1 aliphatic rings. The van der Waals surface area contributed by atoms with E-state index in [1.807, 2.05) is 0 Å². The third-order valence-corrected chi connectivity index (χ3v) is 1.78. The van der Waals surface area contributed by atoms with Gasteiger partial charge in [0.05, 0.1) is 0 Å². The van der Waals surface area contributed by atoms with Crippen molar-refractivity contribution in [2.45, 2.75) is 25.9 Å². The van der Waals surface area contributed by atoms with Crippen LogP contribution >= 0.6 is 0 Å². The number of carbonyl (C=O) groups excluding carboxylic acids is 1. The predicted molar refractivity (Wildman–Crippen MR) is 37.5 cm³/mol. The third-order valence-electron chi connectivity index (χ3n) is 1.78. The van der Waals surface area contributed by atoms with Gasteiger partial charge in [-0.15, -0.1) is 0 Å². The first-order chi connectivity index (χ1) is 4.72. The Morgan fingerprint density at radius 1 is 1.50 bits per heavy atom. The van der Waals surface area contributed by atoms with E-state index in [0.717, 1.165) is 25.9 Å². The monoisotopic (exact) mass is 143 g/mol. The highest BCUT2D eigenvalue weighted by Crippen LogP contribution is 2.08. The number of carbonyl (C=O) groups is 1. The molecule has 0 aromatic carbocycles. The van der Waals surface area contributed by atoms with E-state index >= 15 is 0 Å². The molecule has 0 spiro atoms. The molecule has 0 saturated carbocycles. The summed E-state index contributed by atoms with van der Waals surface area (Å²) in [6, 6.07) is 0. The van der Waals surface area contributed by atoms with Gasteiger partial charge in [0.1, 0.15) is 6.10 Å². The molecule has 3 heteroatoms. The van der Waals surface area contributed by atoms with E-state index in [1.54, 1.807) is 4.90 Å². The van der Waals surface area contributed by atoms with Gasteiger partial charge in [-0.2, -0.15) is 0 Å². The molecule has 1 amide bonds. The highest BCUT2D eigenvalue weighted by atomic mass is 16.3. The maximum Gasteiger partial charge on any atom is 0.251 e. The predicted octanol–water partition coefficient (Wildman–Crippen LogP) is -0.0104. The van der Waals surface area contributed by atoms with Crippen molar-refractivity contribution in [3.8, 4) is 0 Å². The molecule has 0 aromatic rings. The summed E-state index contributed by atoms with van der Waals surface area (Å²) in [4.78, 5) is 12.7. The van der Waals surface area contributed by atoms with Crippen molar-refractivity contribution >= 4 is 5.91 Å². The van der Waals surface area contributed by atoms with Crippen molar-refractivity contribution in [1.82, 2.24) is 4.90 Å². The number of hydrogen-bond acceptors (Lipinski definition) is 2. The molecule has 0 bridgehead atoms. The number of amides is 1. The van der Waals surface area contributed by atoms with Gasteiger partial charge in [-0.05, 0) is 19.8 Å². The second-order valence-corrected chi connectivity index (χ2v) is 2.71. The molecule has 1 N–H and O–H groups in total. The maximum absolute atomic E-state index is 11.0. The zero-order valence-corrected chi connectivity index (χ0v) is 6.21. The minimum Gasteiger partial charge on any atom is -0.384 e. The fraction of sp³-hybridized carbons (Fsp3) is 0.857. The molecule has 58 valence electrons. The van der Waals surface area contributed by atoms with Crippen LogP contribution in [0.5, 0.6) is 0 Å². The van der Waals surface area contributed by atoms with Gasteiger partial charge in [0.2, 0.25) is 0 Å². The van der Waals surface area contributed by atoms with Crippen LogP contribution in [0.2, 0.25) is 0 Å². The molecule has 1 heterocycles. The van der Waals surface area contributed by atoms with Crippen LogP contribution in [-0.4, -0.2) is 35.1 Å². The molecule has 1 rings (SSSR count). The summed E-state index contributed by atoms with van der Waals surface area (Å²) in [6.45, 7) is 3.16. The fourth-order valence-electron chi connectivity index (χ4n) is 1.20. The van der Waals surface area contributed by atoms with E-state index in [0.29, 0.717) is 0 Å². The highest BCUT2D eigenvalue weighted by molar-refractivity contribution is 5.80. The molecule has 10 heavy (non-hydrogen) atoms. The van der Waals surface area contributed by atoms with E-state index in [2.05, 4.69) is 0 Å². The molecule has 1 atom stereocenters. The summed E-state index contributed by atoms with van der Waals surface area (Å²) < 4.78 is 0. The number of aliphatic hydroxyl groups is 1. The number of likely N-dealkylation sites (tertiary alicyclic amines) is 1. The first-order valence-corrected chi connectivity index (χ1v) is 3.68. The van der Waals surface area contributed by atoms with Crippen molar-refractivity contribution in [3.05, 3.63) is 0 Å². The Bertz CT molecular complexity index is 128. The van der Waals surface area contributed by atoms with Crippen LogP contribution in [-0.2, 0) is 4.79 Å². The van der Waals surface area contributed by atoms with Crippen LogP contribution in [0.25, 0.3) is 0 Å². The second kappa shape index (κ2) is 3.01. The summed E-state index contributed by atoms with van der Waals surface area (Å²) in [5.74, 6) is -0.127. The number of hydrogen-bond donors (Lipinski definition) is 1. The summed E-state index contributed by atoms with van der Waals surface area (Å²) in [5, 5.41) is 8.89. The first-order valence-electron chi connectivity index (χ1n) is 3.68. The average molecular weight is 143 g/mol. The Morgan fingerprint density at radius 3 is 2.40 bits per heavy atom.